The smallest absolute Gasteiger partial charge is 0.292 e. The normalized spacial score (nSPS) is 19.6. The Hall–Kier alpha value is -3.20. The third kappa shape index (κ3) is 4.32. The third-order valence-electron chi connectivity index (χ3n) is 5.51. The molecule has 2 amide bonds. The van der Waals surface area contributed by atoms with Crippen molar-refractivity contribution in [2.24, 2.45) is 4.99 Å². The minimum absolute atomic E-state index is 0.0278. The highest BCUT2D eigenvalue weighted by Crippen LogP contribution is 2.30. The quantitative estimate of drug-likeness (QED) is 0.743. The van der Waals surface area contributed by atoms with Crippen molar-refractivity contribution < 1.29 is 18.0 Å². The number of anilines is 2. The topological polar surface area (TPSA) is 108 Å². The molecule has 1 fully saturated rings. The van der Waals surface area contributed by atoms with Crippen molar-refractivity contribution in [3.8, 4) is 0 Å². The lowest BCUT2D eigenvalue weighted by Crippen LogP contribution is -2.57. The summed E-state index contributed by atoms with van der Waals surface area (Å²) in [5, 5.41) is 3.61. The standard InChI is InChI=1S/C22H24N4O4S/c1-15-22(28)26(17-9-3-2-4-10-17)25-20(23-15)21(27)24-16-8-7-13-19(14-16)31(29,30)18-11-5-6-12-18/h2-4,7-10,13-15,18H,5-6,11-12H2,1H3,(H,23,25)(H,24,27). The number of rotatable bonds is 5. The number of sulfone groups is 1. The molecule has 9 heteroatoms. The number of nitrogens with one attached hydrogen (secondary N) is 2. The Morgan fingerprint density at radius 3 is 2.52 bits per heavy atom. The van der Waals surface area contributed by atoms with Crippen molar-refractivity contribution >= 4 is 38.9 Å². The lowest BCUT2D eigenvalue weighted by Gasteiger charge is -2.30. The molecule has 162 valence electrons. The van der Waals surface area contributed by atoms with E-state index >= 15 is 0 Å². The molecule has 1 heterocycles. The van der Waals surface area contributed by atoms with Crippen LogP contribution in [0.3, 0.4) is 0 Å². The highest BCUT2D eigenvalue weighted by atomic mass is 32.2. The zero-order valence-corrected chi connectivity index (χ0v) is 17.9. The molecule has 0 radical (unpaired) electrons. The van der Waals surface area contributed by atoms with Gasteiger partial charge in [-0.2, -0.15) is 0 Å². The Labute approximate surface area is 181 Å². The first-order valence-corrected chi connectivity index (χ1v) is 11.8. The van der Waals surface area contributed by atoms with E-state index in [0.29, 0.717) is 24.2 Å². The van der Waals surface area contributed by atoms with Gasteiger partial charge in [-0.25, -0.2) is 18.4 Å². The van der Waals surface area contributed by atoms with E-state index in [1.54, 1.807) is 49.4 Å². The maximum absolute atomic E-state index is 12.9. The predicted octanol–water partition coefficient (Wildman–Crippen LogP) is 2.68. The van der Waals surface area contributed by atoms with Gasteiger partial charge >= 0.3 is 0 Å². The molecule has 31 heavy (non-hydrogen) atoms. The van der Waals surface area contributed by atoms with Crippen molar-refractivity contribution in [2.45, 2.75) is 48.8 Å². The lowest BCUT2D eigenvalue weighted by molar-refractivity contribution is -0.120. The Morgan fingerprint density at radius 2 is 1.81 bits per heavy atom. The van der Waals surface area contributed by atoms with E-state index in [1.165, 1.54) is 11.1 Å². The van der Waals surface area contributed by atoms with Crippen molar-refractivity contribution in [1.29, 1.82) is 0 Å². The predicted molar refractivity (Wildman–Crippen MR) is 118 cm³/mol. The van der Waals surface area contributed by atoms with Gasteiger partial charge in [0, 0.05) is 5.69 Å². The minimum Gasteiger partial charge on any atom is -0.319 e. The van der Waals surface area contributed by atoms with Gasteiger partial charge in [-0.05, 0) is 50.1 Å². The van der Waals surface area contributed by atoms with Crippen molar-refractivity contribution in [2.75, 3.05) is 10.3 Å². The Balaban J connectivity index is 1.53. The van der Waals surface area contributed by atoms with Crippen LogP contribution in [0.1, 0.15) is 32.6 Å². The monoisotopic (exact) mass is 440 g/mol. The van der Waals surface area contributed by atoms with Crippen LogP contribution in [0.2, 0.25) is 0 Å². The van der Waals surface area contributed by atoms with Crippen LogP contribution in [0.15, 0.2) is 64.5 Å². The molecule has 4 rings (SSSR count). The van der Waals surface area contributed by atoms with Crippen LogP contribution in [-0.2, 0) is 19.4 Å². The van der Waals surface area contributed by atoms with Crippen LogP contribution in [0, 0.1) is 0 Å². The molecule has 1 atom stereocenters. The van der Waals surface area contributed by atoms with E-state index in [4.69, 9.17) is 0 Å². The Bertz CT molecular complexity index is 1130. The van der Waals surface area contributed by atoms with Gasteiger partial charge < -0.3 is 5.32 Å². The molecule has 0 bridgehead atoms. The van der Waals surface area contributed by atoms with Crippen LogP contribution >= 0.6 is 0 Å². The zero-order valence-electron chi connectivity index (χ0n) is 17.1. The molecule has 2 aromatic rings. The van der Waals surface area contributed by atoms with Gasteiger partial charge in [0.15, 0.2) is 9.84 Å². The number of hydrogen-bond donors (Lipinski definition) is 2. The van der Waals surface area contributed by atoms with Gasteiger partial charge in [-0.1, -0.05) is 37.1 Å². The number of carbonyl (C=O) groups excluding carboxylic acids is 2. The molecule has 2 aromatic carbocycles. The maximum Gasteiger partial charge on any atom is 0.292 e. The molecule has 8 nitrogen and oxygen atoms in total. The van der Waals surface area contributed by atoms with E-state index in [0.717, 1.165) is 12.8 Å². The summed E-state index contributed by atoms with van der Waals surface area (Å²) in [5.41, 5.74) is 3.70. The average Bonchev–Trinajstić information content (AvgIpc) is 3.32. The summed E-state index contributed by atoms with van der Waals surface area (Å²) in [6.07, 6.45) is 3.17. The second-order valence-corrected chi connectivity index (χ2v) is 9.94. The first-order valence-electron chi connectivity index (χ1n) is 10.2. The third-order valence-corrected chi connectivity index (χ3v) is 7.77. The first-order chi connectivity index (χ1) is 14.9. The fourth-order valence-corrected chi connectivity index (χ4v) is 5.73. The highest BCUT2D eigenvalue weighted by Gasteiger charge is 2.32. The molecule has 0 spiro atoms. The number of para-hydroxylation sites is 1. The van der Waals surface area contributed by atoms with Crippen LogP contribution < -0.4 is 15.8 Å². The van der Waals surface area contributed by atoms with Crippen molar-refractivity contribution in [3.05, 3.63) is 54.6 Å². The summed E-state index contributed by atoms with van der Waals surface area (Å²) in [6.45, 7) is 1.61. The van der Waals surface area contributed by atoms with E-state index in [1.807, 2.05) is 6.07 Å². The summed E-state index contributed by atoms with van der Waals surface area (Å²) in [7, 11) is -3.43. The number of amides is 2. The Morgan fingerprint density at radius 1 is 1.10 bits per heavy atom. The number of hydrogen-bond acceptors (Lipinski definition) is 6. The van der Waals surface area contributed by atoms with E-state index in [2.05, 4.69) is 15.7 Å². The van der Waals surface area contributed by atoms with Gasteiger partial charge in [-0.15, -0.1) is 0 Å². The van der Waals surface area contributed by atoms with Crippen LogP contribution in [0.25, 0.3) is 0 Å². The van der Waals surface area contributed by atoms with Gasteiger partial charge in [0.2, 0.25) is 5.84 Å². The zero-order chi connectivity index (χ0) is 22.0. The summed E-state index contributed by atoms with van der Waals surface area (Å²) in [5.74, 6) is -0.872. The first kappa shape index (κ1) is 21.0. The minimum atomic E-state index is -3.43. The molecule has 0 aromatic heterocycles. The number of hydrazine groups is 1. The van der Waals surface area contributed by atoms with Crippen LogP contribution in [0.4, 0.5) is 11.4 Å². The van der Waals surface area contributed by atoms with Gasteiger partial charge in [0.05, 0.1) is 15.8 Å². The van der Waals surface area contributed by atoms with Gasteiger partial charge in [0.25, 0.3) is 11.8 Å². The van der Waals surface area contributed by atoms with E-state index in [-0.39, 0.29) is 21.9 Å². The number of amidine groups is 1. The molecule has 1 unspecified atom stereocenters. The number of nitrogens with zero attached hydrogens (tertiary/aromatic N) is 2. The Kier molecular flexibility index (Phi) is 5.77. The maximum atomic E-state index is 12.9. The molecule has 2 N–H and O–H groups in total. The SMILES string of the molecule is CC1N=C(C(=O)Nc2cccc(S(=O)(=O)C3CCCC3)c2)NN(c2ccccc2)C1=O. The summed E-state index contributed by atoms with van der Waals surface area (Å²) in [6, 6.07) is 14.4. The van der Waals surface area contributed by atoms with Crippen LogP contribution in [-0.4, -0.2) is 37.4 Å². The van der Waals surface area contributed by atoms with Crippen molar-refractivity contribution in [3.63, 3.8) is 0 Å². The second-order valence-electron chi connectivity index (χ2n) is 7.71. The fourth-order valence-electron chi connectivity index (χ4n) is 3.84. The highest BCUT2D eigenvalue weighted by molar-refractivity contribution is 7.92. The lowest BCUT2D eigenvalue weighted by atomic mass is 10.2. The fraction of sp³-hybridized carbons (Fsp3) is 0.318. The summed E-state index contributed by atoms with van der Waals surface area (Å²) < 4.78 is 25.7. The summed E-state index contributed by atoms with van der Waals surface area (Å²) in [4.78, 5) is 29.7. The molecule has 1 aliphatic heterocycles. The number of aliphatic imine (C=N–C) groups is 1. The largest absolute Gasteiger partial charge is 0.319 e. The molecule has 0 saturated heterocycles. The van der Waals surface area contributed by atoms with Gasteiger partial charge in [0.1, 0.15) is 6.04 Å². The average molecular weight is 441 g/mol. The summed E-state index contributed by atoms with van der Waals surface area (Å²) >= 11 is 0. The van der Waals surface area contributed by atoms with Gasteiger partial charge in [-0.3, -0.25) is 15.0 Å². The molecular formula is C22H24N4O4S. The molecule has 1 aliphatic carbocycles. The van der Waals surface area contributed by atoms with Crippen molar-refractivity contribution in [1.82, 2.24) is 5.43 Å². The molecule has 2 aliphatic rings. The van der Waals surface area contributed by atoms with E-state index in [9.17, 15) is 18.0 Å². The number of benzene rings is 2. The molecular weight excluding hydrogens is 416 g/mol. The van der Waals surface area contributed by atoms with Crippen LogP contribution in [0.5, 0.6) is 0 Å². The second kappa shape index (κ2) is 8.50. The van der Waals surface area contributed by atoms with E-state index < -0.39 is 21.8 Å². The number of carbonyl (C=O) groups is 2. The molecule has 1 saturated carbocycles.